The van der Waals surface area contributed by atoms with E-state index in [4.69, 9.17) is 4.42 Å². The standard InChI is InChI=1S/C16H12F6N2O5/c17-15(18,19)7-28-9-3-4-11(29-8-16(20,21)22)10(6-9)13(25)23-24-14(26)12-2-1-5-27-12/h1-6H,7-8H2,(H,23,25)(H,24,26). The lowest BCUT2D eigenvalue weighted by atomic mass is 10.2. The second-order valence-electron chi connectivity index (χ2n) is 5.35. The Morgan fingerprint density at radius 1 is 0.897 bits per heavy atom. The lowest BCUT2D eigenvalue weighted by Crippen LogP contribution is -2.41. The zero-order chi connectivity index (χ0) is 21.7. The Balaban J connectivity index is 2.16. The quantitative estimate of drug-likeness (QED) is 0.547. The average Bonchev–Trinajstić information content (AvgIpc) is 3.16. The number of amides is 2. The fourth-order valence-electron chi connectivity index (χ4n) is 1.88. The number of carbonyl (C=O) groups is 2. The Hall–Kier alpha value is -3.38. The number of hydrogen-bond donors (Lipinski definition) is 2. The largest absolute Gasteiger partial charge is 0.484 e. The number of hydrazine groups is 1. The molecule has 2 aromatic rings. The number of nitrogens with one attached hydrogen (secondary N) is 2. The molecule has 1 aromatic heterocycles. The molecular weight excluding hydrogens is 414 g/mol. The van der Waals surface area contributed by atoms with Crippen LogP contribution in [0, 0.1) is 0 Å². The Kier molecular flexibility index (Phi) is 6.61. The Morgan fingerprint density at radius 3 is 2.10 bits per heavy atom. The third kappa shape index (κ3) is 7.27. The molecule has 2 N–H and O–H groups in total. The van der Waals surface area contributed by atoms with Crippen LogP contribution in [-0.2, 0) is 0 Å². The van der Waals surface area contributed by atoms with E-state index in [2.05, 4.69) is 9.47 Å². The highest BCUT2D eigenvalue weighted by atomic mass is 19.4. The number of benzene rings is 1. The molecule has 1 heterocycles. The highest BCUT2D eigenvalue weighted by molar-refractivity contribution is 6.00. The molecule has 1 aromatic carbocycles. The number of halogens is 6. The van der Waals surface area contributed by atoms with E-state index in [0.29, 0.717) is 0 Å². The number of alkyl halides is 6. The van der Waals surface area contributed by atoms with E-state index < -0.39 is 54.4 Å². The first kappa shape index (κ1) is 21.9. The van der Waals surface area contributed by atoms with Gasteiger partial charge in [-0.2, -0.15) is 26.3 Å². The monoisotopic (exact) mass is 426 g/mol. The Labute approximate surface area is 158 Å². The van der Waals surface area contributed by atoms with Crippen LogP contribution in [0.25, 0.3) is 0 Å². The Morgan fingerprint density at radius 2 is 1.52 bits per heavy atom. The van der Waals surface area contributed by atoms with E-state index in [-0.39, 0.29) is 5.76 Å². The van der Waals surface area contributed by atoms with Crippen molar-refractivity contribution in [3.8, 4) is 11.5 Å². The Bertz CT molecular complexity index is 848. The molecule has 29 heavy (non-hydrogen) atoms. The fourth-order valence-corrected chi connectivity index (χ4v) is 1.88. The van der Waals surface area contributed by atoms with Gasteiger partial charge in [0.05, 0.1) is 11.8 Å². The van der Waals surface area contributed by atoms with Gasteiger partial charge in [-0.05, 0) is 30.3 Å². The van der Waals surface area contributed by atoms with Gasteiger partial charge < -0.3 is 13.9 Å². The van der Waals surface area contributed by atoms with Gasteiger partial charge in [0, 0.05) is 0 Å². The molecule has 0 aliphatic carbocycles. The van der Waals surface area contributed by atoms with E-state index in [9.17, 15) is 35.9 Å². The van der Waals surface area contributed by atoms with Crippen molar-refractivity contribution in [2.45, 2.75) is 12.4 Å². The van der Waals surface area contributed by atoms with Crippen LogP contribution in [0.4, 0.5) is 26.3 Å². The van der Waals surface area contributed by atoms with Crippen LogP contribution in [-0.4, -0.2) is 37.4 Å². The summed E-state index contributed by atoms with van der Waals surface area (Å²) in [6, 6.07) is 5.13. The van der Waals surface area contributed by atoms with E-state index in [0.717, 1.165) is 18.2 Å². The summed E-state index contributed by atoms with van der Waals surface area (Å²) in [7, 11) is 0. The summed E-state index contributed by atoms with van der Waals surface area (Å²) in [4.78, 5) is 23.9. The SMILES string of the molecule is O=C(NNC(=O)c1cc(OCC(F)(F)F)ccc1OCC(F)(F)F)c1ccco1. The van der Waals surface area contributed by atoms with Crippen molar-refractivity contribution < 1.29 is 49.8 Å². The van der Waals surface area contributed by atoms with Crippen molar-refractivity contribution in [1.29, 1.82) is 0 Å². The van der Waals surface area contributed by atoms with Crippen molar-refractivity contribution in [1.82, 2.24) is 10.9 Å². The number of ether oxygens (including phenoxy) is 2. The number of hydrogen-bond acceptors (Lipinski definition) is 5. The zero-order valence-corrected chi connectivity index (χ0v) is 14.2. The molecule has 0 atom stereocenters. The smallest absolute Gasteiger partial charge is 0.422 e. The second-order valence-corrected chi connectivity index (χ2v) is 5.35. The van der Waals surface area contributed by atoms with E-state index in [1.807, 2.05) is 10.9 Å². The van der Waals surface area contributed by atoms with Crippen LogP contribution in [0.1, 0.15) is 20.9 Å². The summed E-state index contributed by atoms with van der Waals surface area (Å²) < 4.78 is 87.7. The van der Waals surface area contributed by atoms with Gasteiger partial charge >= 0.3 is 18.3 Å². The van der Waals surface area contributed by atoms with Gasteiger partial charge in [0.1, 0.15) is 11.5 Å². The molecule has 0 spiro atoms. The number of carbonyl (C=O) groups excluding carboxylic acids is 2. The highest BCUT2D eigenvalue weighted by Gasteiger charge is 2.30. The minimum absolute atomic E-state index is 0.180. The molecule has 2 amide bonds. The van der Waals surface area contributed by atoms with Crippen molar-refractivity contribution in [2.24, 2.45) is 0 Å². The van der Waals surface area contributed by atoms with Crippen molar-refractivity contribution in [2.75, 3.05) is 13.2 Å². The van der Waals surface area contributed by atoms with Crippen molar-refractivity contribution in [3.63, 3.8) is 0 Å². The maximum Gasteiger partial charge on any atom is 0.422 e. The minimum Gasteiger partial charge on any atom is -0.484 e. The molecule has 0 unspecified atom stereocenters. The molecule has 158 valence electrons. The van der Waals surface area contributed by atoms with E-state index in [1.54, 1.807) is 0 Å². The molecule has 0 saturated heterocycles. The summed E-state index contributed by atoms with van der Waals surface area (Å²) in [5.41, 5.74) is 3.21. The zero-order valence-electron chi connectivity index (χ0n) is 14.2. The predicted octanol–water partition coefficient (Wildman–Crippen LogP) is 3.24. The second kappa shape index (κ2) is 8.75. The topological polar surface area (TPSA) is 89.8 Å². The molecule has 2 rings (SSSR count). The molecule has 0 aliphatic rings. The first-order chi connectivity index (χ1) is 13.4. The highest BCUT2D eigenvalue weighted by Crippen LogP contribution is 2.27. The molecule has 13 heteroatoms. The molecular formula is C16H12F6N2O5. The predicted molar refractivity (Wildman–Crippen MR) is 83.2 cm³/mol. The molecule has 0 saturated carbocycles. The maximum atomic E-state index is 12.4. The van der Waals surface area contributed by atoms with Gasteiger partial charge in [0.15, 0.2) is 19.0 Å². The summed E-state index contributed by atoms with van der Waals surface area (Å²) in [5.74, 6) is -3.28. The van der Waals surface area contributed by atoms with Gasteiger partial charge in [-0.25, -0.2) is 0 Å². The lowest BCUT2D eigenvalue weighted by Gasteiger charge is -2.15. The van der Waals surface area contributed by atoms with Gasteiger partial charge in [0.25, 0.3) is 5.91 Å². The van der Waals surface area contributed by atoms with Crippen LogP contribution in [0.15, 0.2) is 41.0 Å². The van der Waals surface area contributed by atoms with Gasteiger partial charge in [-0.15, -0.1) is 0 Å². The molecule has 0 radical (unpaired) electrons. The number of rotatable bonds is 6. The average molecular weight is 426 g/mol. The van der Waals surface area contributed by atoms with Crippen LogP contribution in [0.2, 0.25) is 0 Å². The molecule has 0 bridgehead atoms. The summed E-state index contributed by atoms with van der Waals surface area (Å²) in [6.45, 7) is -3.44. The van der Waals surface area contributed by atoms with E-state index in [1.165, 1.54) is 18.4 Å². The van der Waals surface area contributed by atoms with Crippen LogP contribution in [0.5, 0.6) is 11.5 Å². The summed E-state index contributed by atoms with van der Waals surface area (Å²) >= 11 is 0. The van der Waals surface area contributed by atoms with Crippen LogP contribution >= 0.6 is 0 Å². The molecule has 7 nitrogen and oxygen atoms in total. The van der Waals surface area contributed by atoms with Gasteiger partial charge in [0.2, 0.25) is 0 Å². The third-order valence-corrected chi connectivity index (χ3v) is 3.02. The summed E-state index contributed by atoms with van der Waals surface area (Å²) in [5, 5.41) is 0. The summed E-state index contributed by atoms with van der Waals surface area (Å²) in [6.07, 6.45) is -8.22. The normalized spacial score (nSPS) is 11.7. The molecule has 0 fully saturated rings. The van der Waals surface area contributed by atoms with Crippen LogP contribution in [0.3, 0.4) is 0 Å². The lowest BCUT2D eigenvalue weighted by molar-refractivity contribution is -0.154. The third-order valence-electron chi connectivity index (χ3n) is 3.02. The molecule has 0 aliphatic heterocycles. The van der Waals surface area contributed by atoms with Gasteiger partial charge in [-0.1, -0.05) is 0 Å². The van der Waals surface area contributed by atoms with Crippen molar-refractivity contribution >= 4 is 11.8 Å². The number of furan rings is 1. The van der Waals surface area contributed by atoms with E-state index >= 15 is 0 Å². The first-order valence-electron chi connectivity index (χ1n) is 7.62. The maximum absolute atomic E-state index is 12.4. The minimum atomic E-state index is -4.73. The van der Waals surface area contributed by atoms with Crippen LogP contribution < -0.4 is 20.3 Å². The fraction of sp³-hybridized carbons (Fsp3) is 0.250. The van der Waals surface area contributed by atoms with Crippen molar-refractivity contribution in [3.05, 3.63) is 47.9 Å². The van der Waals surface area contributed by atoms with Gasteiger partial charge in [-0.3, -0.25) is 20.4 Å². The first-order valence-corrected chi connectivity index (χ1v) is 7.62.